The summed E-state index contributed by atoms with van der Waals surface area (Å²) in [6.07, 6.45) is 1.64. The second-order valence-electron chi connectivity index (χ2n) is 4.04. The van der Waals surface area contributed by atoms with Gasteiger partial charge in [0, 0.05) is 6.42 Å². The van der Waals surface area contributed by atoms with Crippen LogP contribution in [0.5, 0.6) is 0 Å². The maximum absolute atomic E-state index is 11.6. The van der Waals surface area contributed by atoms with E-state index in [0.29, 0.717) is 6.42 Å². The van der Waals surface area contributed by atoms with E-state index in [1.165, 1.54) is 0 Å². The lowest BCUT2D eigenvalue weighted by Gasteiger charge is -2.01. The van der Waals surface area contributed by atoms with Crippen LogP contribution in [0.4, 0.5) is 0 Å². The molecule has 1 rings (SSSR count). The summed E-state index contributed by atoms with van der Waals surface area (Å²) in [5.74, 6) is -1.39. The van der Waals surface area contributed by atoms with Crippen LogP contribution in [0, 0.1) is 0 Å². The topological polar surface area (TPSA) is 79.8 Å². The third-order valence-corrected chi connectivity index (χ3v) is 2.53. The highest BCUT2D eigenvalue weighted by Crippen LogP contribution is 2.02. The SMILES string of the molecule is CCCCC(=O)C(=[N+]=[N-])C(=O)OCc1ccccc1. The van der Waals surface area contributed by atoms with E-state index in [-0.39, 0.29) is 13.0 Å². The third-order valence-electron chi connectivity index (χ3n) is 2.53. The van der Waals surface area contributed by atoms with Crippen LogP contribution in [-0.2, 0) is 20.9 Å². The summed E-state index contributed by atoms with van der Waals surface area (Å²) in [5, 5.41) is 0. The molecule has 0 aliphatic carbocycles. The van der Waals surface area contributed by atoms with Crippen LogP contribution in [0.25, 0.3) is 5.53 Å². The molecular formula is C14H16N2O3. The van der Waals surface area contributed by atoms with Gasteiger partial charge in [-0.1, -0.05) is 43.7 Å². The zero-order valence-electron chi connectivity index (χ0n) is 10.8. The van der Waals surface area contributed by atoms with Crippen molar-refractivity contribution in [2.75, 3.05) is 0 Å². The molecule has 0 atom stereocenters. The van der Waals surface area contributed by atoms with E-state index in [4.69, 9.17) is 10.3 Å². The van der Waals surface area contributed by atoms with Crippen molar-refractivity contribution in [1.82, 2.24) is 0 Å². The van der Waals surface area contributed by atoms with Gasteiger partial charge in [0.2, 0.25) is 0 Å². The molecule has 5 nitrogen and oxygen atoms in total. The van der Waals surface area contributed by atoms with Gasteiger partial charge in [0.15, 0.2) is 0 Å². The zero-order chi connectivity index (χ0) is 14.1. The van der Waals surface area contributed by atoms with Crippen LogP contribution in [0.1, 0.15) is 31.7 Å². The molecule has 0 saturated heterocycles. The van der Waals surface area contributed by atoms with Crippen molar-refractivity contribution in [2.24, 2.45) is 0 Å². The van der Waals surface area contributed by atoms with E-state index >= 15 is 0 Å². The van der Waals surface area contributed by atoms with Crippen LogP contribution in [0.2, 0.25) is 0 Å². The first-order valence-electron chi connectivity index (χ1n) is 6.15. The molecule has 0 aliphatic rings. The van der Waals surface area contributed by atoms with Gasteiger partial charge >= 0.3 is 11.7 Å². The average molecular weight is 260 g/mol. The van der Waals surface area contributed by atoms with Crippen molar-refractivity contribution in [3.8, 4) is 0 Å². The molecule has 5 heteroatoms. The summed E-state index contributed by atoms with van der Waals surface area (Å²) in [7, 11) is 0. The number of esters is 1. The van der Waals surface area contributed by atoms with Gasteiger partial charge in [-0.15, -0.1) is 0 Å². The van der Waals surface area contributed by atoms with E-state index in [1.807, 2.05) is 25.1 Å². The predicted molar refractivity (Wildman–Crippen MR) is 69.4 cm³/mol. The van der Waals surface area contributed by atoms with Gasteiger partial charge in [-0.05, 0) is 12.0 Å². The van der Waals surface area contributed by atoms with E-state index < -0.39 is 17.5 Å². The molecule has 0 N–H and O–H groups in total. The molecule has 0 bridgehead atoms. The number of Topliss-reactive ketones (excluding diaryl/α,β-unsaturated/α-hetero) is 1. The van der Waals surface area contributed by atoms with Crippen molar-refractivity contribution in [3.63, 3.8) is 0 Å². The smallest absolute Gasteiger partial charge is 0.441 e. The second kappa shape index (κ2) is 7.95. The highest BCUT2D eigenvalue weighted by molar-refractivity contribution is 6.62. The van der Waals surface area contributed by atoms with E-state index in [0.717, 1.165) is 12.0 Å². The van der Waals surface area contributed by atoms with E-state index in [2.05, 4.69) is 4.79 Å². The van der Waals surface area contributed by atoms with Gasteiger partial charge in [-0.25, -0.2) is 4.79 Å². The molecule has 1 aromatic carbocycles. The highest BCUT2D eigenvalue weighted by atomic mass is 16.5. The number of hydrogen-bond donors (Lipinski definition) is 0. The van der Waals surface area contributed by atoms with Crippen LogP contribution < -0.4 is 0 Å². The number of ether oxygens (including phenoxy) is 1. The van der Waals surface area contributed by atoms with Crippen molar-refractivity contribution in [3.05, 3.63) is 41.4 Å². The molecule has 0 amide bonds. The van der Waals surface area contributed by atoms with Crippen LogP contribution in [0.3, 0.4) is 0 Å². The second-order valence-corrected chi connectivity index (χ2v) is 4.04. The summed E-state index contributed by atoms with van der Waals surface area (Å²) < 4.78 is 4.93. The molecule has 0 spiro atoms. The first-order chi connectivity index (χ1) is 9.19. The third kappa shape index (κ3) is 4.85. The highest BCUT2D eigenvalue weighted by Gasteiger charge is 2.30. The molecule has 0 fully saturated rings. The fraction of sp³-hybridized carbons (Fsp3) is 0.357. The lowest BCUT2D eigenvalue weighted by molar-refractivity contribution is -0.143. The molecule has 1 aromatic rings. The number of carbonyl (C=O) groups is 2. The first-order valence-corrected chi connectivity index (χ1v) is 6.15. The molecule has 19 heavy (non-hydrogen) atoms. The van der Waals surface area contributed by atoms with Crippen molar-refractivity contribution >= 4 is 17.5 Å². The van der Waals surface area contributed by atoms with Crippen molar-refractivity contribution in [1.29, 1.82) is 0 Å². The Kier molecular flexibility index (Phi) is 6.19. The van der Waals surface area contributed by atoms with Gasteiger partial charge in [0.1, 0.15) is 6.61 Å². The zero-order valence-corrected chi connectivity index (χ0v) is 10.8. The Balaban J connectivity index is 2.56. The summed E-state index contributed by atoms with van der Waals surface area (Å²) in [5.41, 5.74) is 8.99. The Morgan fingerprint density at radius 1 is 1.26 bits per heavy atom. The minimum Gasteiger partial charge on any atom is -0.452 e. The van der Waals surface area contributed by atoms with Gasteiger partial charge in [-0.2, -0.15) is 4.79 Å². The average Bonchev–Trinajstić information content (AvgIpc) is 2.44. The molecule has 0 saturated carbocycles. The lowest BCUT2D eigenvalue weighted by Crippen LogP contribution is -2.27. The number of ketones is 1. The maximum Gasteiger partial charge on any atom is 0.441 e. The number of carbonyl (C=O) groups excluding carboxylic acids is 2. The first kappa shape index (κ1) is 14.8. The van der Waals surface area contributed by atoms with Crippen molar-refractivity contribution in [2.45, 2.75) is 32.8 Å². The van der Waals surface area contributed by atoms with Crippen molar-refractivity contribution < 1.29 is 19.1 Å². The molecule has 0 heterocycles. The predicted octanol–water partition coefficient (Wildman–Crippen LogP) is 2.16. The molecule has 0 unspecified atom stereocenters. The number of rotatable bonds is 7. The Bertz CT molecular complexity index is 491. The monoisotopic (exact) mass is 260 g/mol. The quantitative estimate of drug-likeness (QED) is 0.248. The fourth-order valence-electron chi connectivity index (χ4n) is 1.46. The Hall–Kier alpha value is -2.26. The van der Waals surface area contributed by atoms with E-state index in [9.17, 15) is 9.59 Å². The fourth-order valence-corrected chi connectivity index (χ4v) is 1.46. The molecule has 0 aliphatic heterocycles. The molecule has 0 radical (unpaired) electrons. The molecule has 100 valence electrons. The van der Waals surface area contributed by atoms with E-state index in [1.54, 1.807) is 12.1 Å². The number of unbranched alkanes of at least 4 members (excludes halogenated alkanes) is 1. The number of nitrogens with zero attached hydrogens (tertiary/aromatic N) is 2. The molecular weight excluding hydrogens is 244 g/mol. The summed E-state index contributed by atoms with van der Waals surface area (Å²) >= 11 is 0. The maximum atomic E-state index is 11.6. The Morgan fingerprint density at radius 3 is 2.53 bits per heavy atom. The van der Waals surface area contributed by atoms with Crippen LogP contribution >= 0.6 is 0 Å². The molecule has 0 aromatic heterocycles. The summed E-state index contributed by atoms with van der Waals surface area (Å²) in [6, 6.07) is 9.07. The Labute approximate surface area is 111 Å². The standard InChI is InChI=1S/C14H16N2O3/c1-2-3-9-12(17)13(16-15)14(18)19-10-11-7-5-4-6-8-11/h4-8H,2-3,9-10H2,1H3. The largest absolute Gasteiger partial charge is 0.452 e. The number of benzene rings is 1. The van der Waals surface area contributed by atoms with Gasteiger partial charge in [0.25, 0.3) is 5.78 Å². The minimum atomic E-state index is -0.896. The minimum absolute atomic E-state index is 0.0414. The van der Waals surface area contributed by atoms with Crippen LogP contribution in [-0.4, -0.2) is 22.3 Å². The van der Waals surface area contributed by atoms with Gasteiger partial charge in [0.05, 0.1) is 0 Å². The summed E-state index contributed by atoms with van der Waals surface area (Å²) in [6.45, 7) is 1.97. The Morgan fingerprint density at radius 2 is 1.95 bits per heavy atom. The van der Waals surface area contributed by atoms with Crippen LogP contribution in [0.15, 0.2) is 30.3 Å². The van der Waals surface area contributed by atoms with Gasteiger partial charge in [-0.3, -0.25) is 4.79 Å². The summed E-state index contributed by atoms with van der Waals surface area (Å²) in [4.78, 5) is 26.0. The van der Waals surface area contributed by atoms with Gasteiger partial charge < -0.3 is 10.3 Å². The number of hydrogen-bond acceptors (Lipinski definition) is 3. The lowest BCUT2D eigenvalue weighted by atomic mass is 10.1. The normalized spacial score (nSPS) is 9.53.